The summed E-state index contributed by atoms with van der Waals surface area (Å²) in [6, 6.07) is 2.42. The first kappa shape index (κ1) is 11.9. The van der Waals surface area contributed by atoms with Crippen molar-refractivity contribution in [2.24, 2.45) is 0 Å². The summed E-state index contributed by atoms with van der Waals surface area (Å²) in [4.78, 5) is 5.03. The quantitative estimate of drug-likeness (QED) is 0.750. The molecule has 0 amide bonds. The Labute approximate surface area is 105 Å². The molecule has 4 nitrogen and oxygen atoms in total. The van der Waals surface area contributed by atoms with Crippen LogP contribution < -0.4 is 5.43 Å². The van der Waals surface area contributed by atoms with Crippen molar-refractivity contribution in [3.8, 4) is 0 Å². The Morgan fingerprint density at radius 2 is 1.47 bits per heavy atom. The largest absolute Gasteiger partial charge is 0.304 e. The van der Waals surface area contributed by atoms with Gasteiger partial charge in [-0.2, -0.15) is 0 Å². The minimum atomic E-state index is 0.729. The van der Waals surface area contributed by atoms with E-state index < -0.39 is 0 Å². The summed E-state index contributed by atoms with van der Waals surface area (Å²) in [7, 11) is 4.53. The second kappa shape index (κ2) is 4.84. The first-order valence-electron chi connectivity index (χ1n) is 7.14. The van der Waals surface area contributed by atoms with Gasteiger partial charge in [0, 0.05) is 44.3 Å². The van der Waals surface area contributed by atoms with Crippen molar-refractivity contribution < 1.29 is 0 Å². The second-order valence-corrected chi connectivity index (χ2v) is 6.14. The minimum absolute atomic E-state index is 0.729. The first-order valence-corrected chi connectivity index (χ1v) is 7.14. The number of rotatable bonds is 2. The molecule has 0 aromatic carbocycles. The molecule has 1 N–H and O–H groups in total. The highest BCUT2D eigenvalue weighted by atomic mass is 15.5. The number of nitrogens with one attached hydrogen (secondary N) is 1. The zero-order valence-electron chi connectivity index (χ0n) is 11.2. The maximum Gasteiger partial charge on any atom is 0.0259 e. The number of hydrazine groups is 1. The molecule has 0 aromatic heterocycles. The Kier molecular flexibility index (Phi) is 3.39. The predicted octanol–water partition coefficient (Wildman–Crippen LogP) is 0.364. The van der Waals surface area contributed by atoms with E-state index >= 15 is 0 Å². The number of hydrogen-bond acceptors (Lipinski definition) is 4. The number of nitrogens with zero attached hydrogens (tertiary/aromatic N) is 3. The average Bonchev–Trinajstić information content (AvgIpc) is 2.55. The molecule has 4 heteroatoms. The van der Waals surface area contributed by atoms with Crippen molar-refractivity contribution in [3.05, 3.63) is 0 Å². The lowest BCUT2D eigenvalue weighted by Gasteiger charge is -2.41. The van der Waals surface area contributed by atoms with Crippen LogP contribution in [0.15, 0.2) is 0 Å². The molecule has 0 aromatic rings. The van der Waals surface area contributed by atoms with E-state index in [9.17, 15) is 0 Å². The smallest absolute Gasteiger partial charge is 0.0259 e. The third kappa shape index (κ3) is 2.50. The summed E-state index contributed by atoms with van der Waals surface area (Å²) < 4.78 is 0. The molecule has 17 heavy (non-hydrogen) atoms. The van der Waals surface area contributed by atoms with Gasteiger partial charge >= 0.3 is 0 Å². The van der Waals surface area contributed by atoms with Gasteiger partial charge in [-0.05, 0) is 39.8 Å². The van der Waals surface area contributed by atoms with E-state index in [2.05, 4.69) is 34.3 Å². The van der Waals surface area contributed by atoms with Crippen LogP contribution in [0.5, 0.6) is 0 Å². The Bertz CT molecular complexity index is 248. The van der Waals surface area contributed by atoms with Gasteiger partial charge in [0.25, 0.3) is 0 Å². The van der Waals surface area contributed by atoms with Gasteiger partial charge in [0.15, 0.2) is 0 Å². The highest BCUT2D eigenvalue weighted by Crippen LogP contribution is 2.34. The van der Waals surface area contributed by atoms with Gasteiger partial charge in [0.1, 0.15) is 0 Å². The molecule has 2 unspecified atom stereocenters. The third-order valence-corrected chi connectivity index (χ3v) is 4.97. The normalized spacial score (nSPS) is 40.9. The lowest BCUT2D eigenvalue weighted by molar-refractivity contribution is 0.0536. The molecule has 2 atom stereocenters. The SMILES string of the molecule is CN1CCN(NC2CC3CCC(C2)N3C)CC1. The van der Waals surface area contributed by atoms with Crippen molar-refractivity contribution in [2.45, 2.75) is 43.8 Å². The molecule has 3 rings (SSSR count). The van der Waals surface area contributed by atoms with E-state index in [1.165, 1.54) is 51.9 Å². The number of piperazine rings is 1. The van der Waals surface area contributed by atoms with Crippen LogP contribution in [-0.2, 0) is 0 Å². The molecule has 98 valence electrons. The highest BCUT2D eigenvalue weighted by molar-refractivity contribution is 4.95. The Hall–Kier alpha value is -0.160. The molecule has 3 aliphatic heterocycles. The van der Waals surface area contributed by atoms with Crippen molar-refractivity contribution in [2.75, 3.05) is 40.3 Å². The highest BCUT2D eigenvalue weighted by Gasteiger charge is 2.38. The minimum Gasteiger partial charge on any atom is -0.304 e. The predicted molar refractivity (Wildman–Crippen MR) is 69.8 cm³/mol. The Morgan fingerprint density at radius 3 is 2.06 bits per heavy atom. The van der Waals surface area contributed by atoms with Gasteiger partial charge in [-0.3, -0.25) is 5.43 Å². The maximum absolute atomic E-state index is 3.78. The van der Waals surface area contributed by atoms with Crippen LogP contribution in [0.2, 0.25) is 0 Å². The standard InChI is InChI=1S/C13H26N4/c1-15-5-7-17(8-6-15)14-11-9-12-3-4-13(10-11)16(12)2/h11-14H,3-10H2,1-2H3. The van der Waals surface area contributed by atoms with Crippen LogP contribution in [0.4, 0.5) is 0 Å². The van der Waals surface area contributed by atoms with Gasteiger partial charge < -0.3 is 9.80 Å². The monoisotopic (exact) mass is 238 g/mol. The summed E-state index contributed by atoms with van der Waals surface area (Å²) in [5, 5.41) is 2.45. The number of hydrogen-bond donors (Lipinski definition) is 1. The van der Waals surface area contributed by atoms with Crippen molar-refractivity contribution >= 4 is 0 Å². The van der Waals surface area contributed by atoms with Gasteiger partial charge in [-0.15, -0.1) is 0 Å². The van der Waals surface area contributed by atoms with Gasteiger partial charge in [-0.25, -0.2) is 5.01 Å². The van der Waals surface area contributed by atoms with E-state index in [4.69, 9.17) is 0 Å². The molecule has 0 aliphatic carbocycles. The van der Waals surface area contributed by atoms with Gasteiger partial charge in [0.2, 0.25) is 0 Å². The number of likely N-dealkylation sites (N-methyl/N-ethyl adjacent to an activating group) is 1. The molecular weight excluding hydrogens is 212 g/mol. The Balaban J connectivity index is 1.50. The summed E-state index contributed by atoms with van der Waals surface area (Å²) >= 11 is 0. The maximum atomic E-state index is 3.78. The van der Waals surface area contributed by atoms with Crippen molar-refractivity contribution in [1.29, 1.82) is 0 Å². The molecule has 3 fully saturated rings. The van der Waals surface area contributed by atoms with Crippen molar-refractivity contribution in [3.63, 3.8) is 0 Å². The fourth-order valence-electron chi connectivity index (χ4n) is 3.71. The summed E-state index contributed by atoms with van der Waals surface area (Å²) in [5.41, 5.74) is 3.78. The summed E-state index contributed by atoms with van der Waals surface area (Å²) in [6.45, 7) is 4.76. The fourth-order valence-corrected chi connectivity index (χ4v) is 3.71. The van der Waals surface area contributed by atoms with E-state index in [0.29, 0.717) is 0 Å². The van der Waals surface area contributed by atoms with Crippen LogP contribution in [0.1, 0.15) is 25.7 Å². The zero-order chi connectivity index (χ0) is 11.8. The molecule has 0 radical (unpaired) electrons. The molecular formula is C13H26N4. The summed E-state index contributed by atoms with van der Waals surface area (Å²) in [6.07, 6.45) is 5.53. The van der Waals surface area contributed by atoms with E-state index in [1.807, 2.05) is 0 Å². The Morgan fingerprint density at radius 1 is 0.882 bits per heavy atom. The molecule has 0 spiro atoms. The van der Waals surface area contributed by atoms with Crippen LogP contribution in [-0.4, -0.2) is 73.2 Å². The average molecular weight is 238 g/mol. The van der Waals surface area contributed by atoms with Gasteiger partial charge in [-0.1, -0.05) is 0 Å². The lowest BCUT2D eigenvalue weighted by Crippen LogP contribution is -2.57. The lowest BCUT2D eigenvalue weighted by atomic mass is 9.99. The molecule has 0 saturated carbocycles. The molecule has 3 aliphatic rings. The van der Waals surface area contributed by atoms with Crippen LogP contribution >= 0.6 is 0 Å². The van der Waals surface area contributed by atoms with Crippen LogP contribution in [0, 0.1) is 0 Å². The molecule has 2 bridgehead atoms. The zero-order valence-corrected chi connectivity index (χ0v) is 11.2. The molecule has 3 saturated heterocycles. The molecule has 3 heterocycles. The first-order chi connectivity index (χ1) is 8.22. The second-order valence-electron chi connectivity index (χ2n) is 6.14. The van der Waals surface area contributed by atoms with E-state index in [1.54, 1.807) is 0 Å². The van der Waals surface area contributed by atoms with E-state index in [0.717, 1.165) is 18.1 Å². The summed E-state index contributed by atoms with van der Waals surface area (Å²) in [5.74, 6) is 0. The van der Waals surface area contributed by atoms with Crippen molar-refractivity contribution in [1.82, 2.24) is 20.2 Å². The number of fused-ring (bicyclic) bond motifs is 2. The topological polar surface area (TPSA) is 21.8 Å². The van der Waals surface area contributed by atoms with Crippen LogP contribution in [0.25, 0.3) is 0 Å². The third-order valence-electron chi connectivity index (χ3n) is 4.97. The number of piperidine rings is 1. The fraction of sp³-hybridized carbons (Fsp3) is 1.00. The van der Waals surface area contributed by atoms with Gasteiger partial charge in [0.05, 0.1) is 0 Å². The van der Waals surface area contributed by atoms with Crippen LogP contribution in [0.3, 0.4) is 0 Å². The van der Waals surface area contributed by atoms with E-state index in [-0.39, 0.29) is 0 Å².